The van der Waals surface area contributed by atoms with Gasteiger partial charge >= 0.3 is 0 Å². The van der Waals surface area contributed by atoms with Crippen LogP contribution >= 0.6 is 0 Å². The number of nitrogens with one attached hydrogen (secondary N) is 1. The molecule has 0 radical (unpaired) electrons. The summed E-state index contributed by atoms with van der Waals surface area (Å²) in [6, 6.07) is 7.19. The summed E-state index contributed by atoms with van der Waals surface area (Å²) in [5.41, 5.74) is 1.73. The van der Waals surface area contributed by atoms with Gasteiger partial charge in [-0.3, -0.25) is 9.59 Å². The maximum atomic E-state index is 11.5. The van der Waals surface area contributed by atoms with E-state index in [0.29, 0.717) is 18.7 Å². The SMILES string of the molecule is N#CCCNC(=O)COc1ccc2c(c1)CCC2=O. The third kappa shape index (κ3) is 3.32. The van der Waals surface area contributed by atoms with Crippen molar-refractivity contribution in [2.45, 2.75) is 19.3 Å². The van der Waals surface area contributed by atoms with E-state index >= 15 is 0 Å². The molecule has 0 spiro atoms. The Bertz CT molecular complexity index is 546. The zero-order chi connectivity index (χ0) is 13.7. The van der Waals surface area contributed by atoms with Gasteiger partial charge in [-0.05, 0) is 30.2 Å². The van der Waals surface area contributed by atoms with Crippen molar-refractivity contribution in [1.29, 1.82) is 5.26 Å². The minimum absolute atomic E-state index is 0.0852. The van der Waals surface area contributed by atoms with Crippen LogP contribution < -0.4 is 10.1 Å². The molecular weight excluding hydrogens is 244 g/mol. The monoisotopic (exact) mass is 258 g/mol. The van der Waals surface area contributed by atoms with Gasteiger partial charge in [-0.25, -0.2) is 0 Å². The number of hydrogen-bond donors (Lipinski definition) is 1. The van der Waals surface area contributed by atoms with Crippen molar-refractivity contribution in [2.75, 3.05) is 13.2 Å². The van der Waals surface area contributed by atoms with E-state index in [9.17, 15) is 9.59 Å². The summed E-state index contributed by atoms with van der Waals surface area (Å²) < 4.78 is 5.35. The molecule has 0 fully saturated rings. The molecular formula is C14H14N2O3. The fraction of sp³-hybridized carbons (Fsp3) is 0.357. The molecule has 1 aromatic rings. The Balaban J connectivity index is 1.86. The van der Waals surface area contributed by atoms with Gasteiger partial charge in [0.1, 0.15) is 5.75 Å². The Kier molecular flexibility index (Phi) is 4.14. The Hall–Kier alpha value is -2.35. The first-order valence-corrected chi connectivity index (χ1v) is 6.13. The number of carbonyl (C=O) groups excluding carboxylic acids is 2. The molecule has 0 bridgehead atoms. The number of ketones is 1. The van der Waals surface area contributed by atoms with Crippen LogP contribution in [0.4, 0.5) is 0 Å². The van der Waals surface area contributed by atoms with Gasteiger partial charge in [-0.15, -0.1) is 0 Å². The van der Waals surface area contributed by atoms with Crippen LogP contribution in [-0.2, 0) is 11.2 Å². The van der Waals surface area contributed by atoms with Crippen molar-refractivity contribution in [1.82, 2.24) is 5.32 Å². The molecule has 0 saturated heterocycles. The lowest BCUT2D eigenvalue weighted by Gasteiger charge is -2.07. The van der Waals surface area contributed by atoms with Crippen LogP contribution in [0.3, 0.4) is 0 Å². The standard InChI is InChI=1S/C14H14N2O3/c15-6-1-7-16-14(18)9-19-11-3-4-12-10(8-11)2-5-13(12)17/h3-4,8H,1-2,5,7,9H2,(H,16,18). The van der Waals surface area contributed by atoms with E-state index in [-0.39, 0.29) is 24.7 Å². The molecule has 5 heteroatoms. The fourth-order valence-corrected chi connectivity index (χ4v) is 1.98. The molecule has 0 aromatic heterocycles. The number of carbonyl (C=O) groups is 2. The molecule has 1 aromatic carbocycles. The van der Waals surface area contributed by atoms with E-state index in [0.717, 1.165) is 17.5 Å². The van der Waals surface area contributed by atoms with Gasteiger partial charge in [-0.1, -0.05) is 0 Å². The third-order valence-corrected chi connectivity index (χ3v) is 2.93. The second-order valence-electron chi connectivity index (χ2n) is 4.29. The number of nitrogens with zero attached hydrogens (tertiary/aromatic N) is 1. The van der Waals surface area contributed by atoms with E-state index in [2.05, 4.69) is 5.32 Å². The molecule has 19 heavy (non-hydrogen) atoms. The molecule has 0 saturated carbocycles. The van der Waals surface area contributed by atoms with Crippen LogP contribution in [0.2, 0.25) is 0 Å². The van der Waals surface area contributed by atoms with E-state index in [1.807, 2.05) is 12.1 Å². The van der Waals surface area contributed by atoms with Gasteiger partial charge < -0.3 is 10.1 Å². The van der Waals surface area contributed by atoms with Crippen LogP contribution in [0.25, 0.3) is 0 Å². The number of nitriles is 1. The third-order valence-electron chi connectivity index (χ3n) is 2.93. The molecule has 0 heterocycles. The molecule has 0 aliphatic heterocycles. The van der Waals surface area contributed by atoms with Gasteiger partial charge in [0.05, 0.1) is 12.5 Å². The Morgan fingerprint density at radius 1 is 1.42 bits per heavy atom. The lowest BCUT2D eigenvalue weighted by Crippen LogP contribution is -2.29. The molecule has 1 amide bonds. The summed E-state index contributed by atoms with van der Waals surface area (Å²) in [6.45, 7) is 0.246. The van der Waals surface area contributed by atoms with Gasteiger partial charge in [0.2, 0.25) is 0 Å². The van der Waals surface area contributed by atoms with Crippen LogP contribution in [0.15, 0.2) is 18.2 Å². The van der Waals surface area contributed by atoms with Crippen LogP contribution in [0.5, 0.6) is 5.75 Å². The molecule has 1 aliphatic rings. The Morgan fingerprint density at radius 3 is 3.05 bits per heavy atom. The summed E-state index contributed by atoms with van der Waals surface area (Å²) in [5.74, 6) is 0.492. The number of ether oxygens (including phenoxy) is 1. The molecule has 5 nitrogen and oxygen atoms in total. The normalized spacial score (nSPS) is 12.7. The number of Topliss-reactive ketones (excluding diaryl/α,β-unsaturated/α-hetero) is 1. The molecule has 1 N–H and O–H groups in total. The molecule has 0 atom stereocenters. The lowest BCUT2D eigenvalue weighted by molar-refractivity contribution is -0.123. The van der Waals surface area contributed by atoms with E-state index < -0.39 is 0 Å². The number of aryl methyl sites for hydroxylation is 1. The summed E-state index contributed by atoms with van der Waals surface area (Å²) in [4.78, 5) is 22.8. The molecule has 98 valence electrons. The second kappa shape index (κ2) is 6.01. The average Bonchev–Trinajstić information content (AvgIpc) is 2.78. The lowest BCUT2D eigenvalue weighted by atomic mass is 10.1. The highest BCUT2D eigenvalue weighted by molar-refractivity contribution is 6.00. The minimum Gasteiger partial charge on any atom is -0.484 e. The van der Waals surface area contributed by atoms with Gasteiger partial charge in [-0.2, -0.15) is 5.26 Å². The molecule has 1 aliphatic carbocycles. The second-order valence-corrected chi connectivity index (χ2v) is 4.29. The summed E-state index contributed by atoms with van der Waals surface area (Å²) in [7, 11) is 0. The summed E-state index contributed by atoms with van der Waals surface area (Å²) in [6.07, 6.45) is 1.57. The maximum Gasteiger partial charge on any atom is 0.257 e. The van der Waals surface area contributed by atoms with Gasteiger partial charge in [0, 0.05) is 18.5 Å². The van der Waals surface area contributed by atoms with Crippen molar-refractivity contribution < 1.29 is 14.3 Å². The first kappa shape index (κ1) is 13.1. The predicted octanol–water partition coefficient (Wildman–Crippen LogP) is 1.22. The molecule has 0 unspecified atom stereocenters. The average molecular weight is 258 g/mol. The number of hydrogen-bond acceptors (Lipinski definition) is 4. The quantitative estimate of drug-likeness (QED) is 0.805. The number of fused-ring (bicyclic) bond motifs is 1. The number of benzene rings is 1. The first-order chi connectivity index (χ1) is 9.20. The number of rotatable bonds is 5. The van der Waals surface area contributed by atoms with Crippen molar-refractivity contribution in [3.63, 3.8) is 0 Å². The smallest absolute Gasteiger partial charge is 0.257 e. The molecule has 2 rings (SSSR count). The predicted molar refractivity (Wildman–Crippen MR) is 67.8 cm³/mol. The fourth-order valence-electron chi connectivity index (χ4n) is 1.98. The zero-order valence-electron chi connectivity index (χ0n) is 10.4. The van der Waals surface area contributed by atoms with Crippen LogP contribution in [0, 0.1) is 11.3 Å². The highest BCUT2D eigenvalue weighted by Crippen LogP contribution is 2.25. The summed E-state index contributed by atoms with van der Waals surface area (Å²) >= 11 is 0. The topological polar surface area (TPSA) is 79.2 Å². The minimum atomic E-state index is -0.258. The Morgan fingerprint density at radius 2 is 2.26 bits per heavy atom. The van der Waals surface area contributed by atoms with Crippen molar-refractivity contribution in [3.05, 3.63) is 29.3 Å². The first-order valence-electron chi connectivity index (χ1n) is 6.13. The van der Waals surface area contributed by atoms with E-state index in [4.69, 9.17) is 10.00 Å². The summed E-state index contributed by atoms with van der Waals surface area (Å²) in [5, 5.41) is 10.9. The van der Waals surface area contributed by atoms with Gasteiger partial charge in [0.25, 0.3) is 5.91 Å². The van der Waals surface area contributed by atoms with Gasteiger partial charge in [0.15, 0.2) is 12.4 Å². The zero-order valence-corrected chi connectivity index (χ0v) is 10.4. The highest BCUT2D eigenvalue weighted by atomic mass is 16.5. The van der Waals surface area contributed by atoms with E-state index in [1.54, 1.807) is 12.1 Å². The largest absolute Gasteiger partial charge is 0.484 e. The van der Waals surface area contributed by atoms with Crippen molar-refractivity contribution in [2.24, 2.45) is 0 Å². The van der Waals surface area contributed by atoms with Crippen molar-refractivity contribution >= 4 is 11.7 Å². The number of amides is 1. The maximum absolute atomic E-state index is 11.5. The van der Waals surface area contributed by atoms with E-state index in [1.165, 1.54) is 0 Å². The highest BCUT2D eigenvalue weighted by Gasteiger charge is 2.19. The van der Waals surface area contributed by atoms with Crippen LogP contribution in [0.1, 0.15) is 28.8 Å². The van der Waals surface area contributed by atoms with Crippen LogP contribution in [-0.4, -0.2) is 24.8 Å². The Labute approximate surface area is 111 Å². The van der Waals surface area contributed by atoms with Crippen molar-refractivity contribution in [3.8, 4) is 11.8 Å².